The van der Waals surface area contributed by atoms with E-state index in [1.807, 2.05) is 25.9 Å². The van der Waals surface area contributed by atoms with Crippen molar-refractivity contribution in [2.75, 3.05) is 44.4 Å². The molecule has 0 saturated carbocycles. The molecule has 2 heterocycles. The molecular weight excluding hydrogens is 288 g/mol. The maximum Gasteiger partial charge on any atom is 0.265 e. The number of carbonyl (C=O) groups excluding carboxylic acids is 1. The standard InChI is InChI=1S/C13H24N6OS/c1-8(18(2)3)6-16-12(20)10-11(15)17-13(21-10)19-5-4-9(14)7-19/h8-9H,4-7,14-15H2,1-3H3,(H,16,20). The summed E-state index contributed by atoms with van der Waals surface area (Å²) in [6.45, 7) is 4.26. The quantitative estimate of drug-likeness (QED) is 0.704. The van der Waals surface area contributed by atoms with Crippen LogP contribution in [-0.2, 0) is 0 Å². The van der Waals surface area contributed by atoms with Crippen LogP contribution in [0.3, 0.4) is 0 Å². The summed E-state index contributed by atoms with van der Waals surface area (Å²) in [5.74, 6) is 0.138. The highest BCUT2D eigenvalue weighted by Gasteiger charge is 2.25. The van der Waals surface area contributed by atoms with Gasteiger partial charge in [-0.2, -0.15) is 0 Å². The molecule has 2 atom stereocenters. The van der Waals surface area contributed by atoms with E-state index in [2.05, 4.69) is 15.2 Å². The van der Waals surface area contributed by atoms with Gasteiger partial charge in [0, 0.05) is 31.7 Å². The first-order chi connectivity index (χ1) is 9.88. The zero-order valence-electron chi connectivity index (χ0n) is 12.8. The Balaban J connectivity index is 2.00. The highest BCUT2D eigenvalue weighted by molar-refractivity contribution is 7.18. The predicted molar refractivity (Wildman–Crippen MR) is 86.8 cm³/mol. The van der Waals surface area contributed by atoms with Crippen molar-refractivity contribution in [3.63, 3.8) is 0 Å². The molecule has 1 aliphatic heterocycles. The summed E-state index contributed by atoms with van der Waals surface area (Å²) in [6.07, 6.45) is 0.946. The summed E-state index contributed by atoms with van der Waals surface area (Å²) in [6, 6.07) is 0.437. The second-order valence-corrected chi connectivity index (χ2v) is 6.71. The monoisotopic (exact) mass is 312 g/mol. The first-order valence-electron chi connectivity index (χ1n) is 7.10. The number of aromatic nitrogens is 1. The Morgan fingerprint density at radius 1 is 1.62 bits per heavy atom. The fourth-order valence-corrected chi connectivity index (χ4v) is 3.02. The van der Waals surface area contributed by atoms with Gasteiger partial charge in [-0.3, -0.25) is 4.79 Å². The molecule has 0 aromatic carbocycles. The maximum atomic E-state index is 12.2. The summed E-state index contributed by atoms with van der Waals surface area (Å²) in [5.41, 5.74) is 11.8. The van der Waals surface area contributed by atoms with Crippen LogP contribution in [0, 0.1) is 0 Å². The van der Waals surface area contributed by atoms with Gasteiger partial charge in [-0.1, -0.05) is 11.3 Å². The number of thiazole rings is 1. The molecule has 7 nitrogen and oxygen atoms in total. The van der Waals surface area contributed by atoms with Crippen molar-refractivity contribution >= 4 is 28.2 Å². The van der Waals surface area contributed by atoms with E-state index >= 15 is 0 Å². The molecule has 0 bridgehead atoms. The van der Waals surface area contributed by atoms with Crippen LogP contribution in [-0.4, -0.2) is 61.6 Å². The van der Waals surface area contributed by atoms with Gasteiger partial charge in [-0.25, -0.2) is 4.98 Å². The van der Waals surface area contributed by atoms with Crippen LogP contribution in [0.15, 0.2) is 0 Å². The average Bonchev–Trinajstić information content (AvgIpc) is 3.01. The molecule has 1 aromatic heterocycles. The predicted octanol–water partition coefficient (Wildman–Crippen LogP) is -0.0574. The third kappa shape index (κ3) is 3.84. The summed E-state index contributed by atoms with van der Waals surface area (Å²) >= 11 is 1.34. The van der Waals surface area contributed by atoms with E-state index in [1.54, 1.807) is 0 Å². The lowest BCUT2D eigenvalue weighted by Crippen LogP contribution is -2.38. The number of hydrogen-bond acceptors (Lipinski definition) is 7. The highest BCUT2D eigenvalue weighted by atomic mass is 32.1. The molecule has 1 aliphatic rings. The first kappa shape index (κ1) is 16.0. The third-order valence-corrected chi connectivity index (χ3v) is 4.91. The van der Waals surface area contributed by atoms with E-state index in [0.717, 1.165) is 24.6 Å². The molecule has 5 N–H and O–H groups in total. The SMILES string of the molecule is CC(CNC(=O)c1sc(N2CCC(N)C2)nc1N)N(C)C. The molecule has 1 aromatic rings. The topological polar surface area (TPSA) is 101 Å². The number of nitrogen functional groups attached to an aromatic ring is 1. The Labute approximate surface area is 129 Å². The lowest BCUT2D eigenvalue weighted by molar-refractivity contribution is 0.0948. The molecule has 1 amide bonds. The van der Waals surface area contributed by atoms with Gasteiger partial charge in [0.1, 0.15) is 10.7 Å². The van der Waals surface area contributed by atoms with Crippen LogP contribution in [0.2, 0.25) is 0 Å². The van der Waals surface area contributed by atoms with E-state index in [-0.39, 0.29) is 18.0 Å². The van der Waals surface area contributed by atoms with E-state index in [0.29, 0.717) is 17.2 Å². The maximum absolute atomic E-state index is 12.2. The van der Waals surface area contributed by atoms with E-state index < -0.39 is 0 Å². The normalized spacial score (nSPS) is 20.0. The minimum absolute atomic E-state index is 0.159. The number of nitrogens with two attached hydrogens (primary N) is 2. The van der Waals surface area contributed by atoms with Crippen molar-refractivity contribution in [1.82, 2.24) is 15.2 Å². The average molecular weight is 312 g/mol. The molecule has 1 fully saturated rings. The largest absolute Gasteiger partial charge is 0.382 e. The van der Waals surface area contributed by atoms with Gasteiger partial charge in [-0.05, 0) is 27.4 Å². The van der Waals surface area contributed by atoms with Crippen molar-refractivity contribution in [2.45, 2.75) is 25.4 Å². The van der Waals surface area contributed by atoms with Crippen LogP contribution < -0.4 is 21.7 Å². The van der Waals surface area contributed by atoms with E-state index in [1.165, 1.54) is 11.3 Å². The lowest BCUT2D eigenvalue weighted by Gasteiger charge is -2.19. The second-order valence-electron chi connectivity index (χ2n) is 5.73. The number of nitrogens with zero attached hydrogens (tertiary/aromatic N) is 3. The zero-order valence-corrected chi connectivity index (χ0v) is 13.6. The number of carbonyl (C=O) groups is 1. The Hall–Kier alpha value is -1.38. The van der Waals surface area contributed by atoms with Gasteiger partial charge in [0.05, 0.1) is 0 Å². The van der Waals surface area contributed by atoms with Crippen LogP contribution in [0.4, 0.5) is 10.9 Å². The van der Waals surface area contributed by atoms with Crippen molar-refractivity contribution in [3.05, 3.63) is 4.88 Å². The molecule has 21 heavy (non-hydrogen) atoms. The van der Waals surface area contributed by atoms with Gasteiger partial charge in [-0.15, -0.1) is 0 Å². The summed E-state index contributed by atoms with van der Waals surface area (Å²) in [7, 11) is 3.96. The smallest absolute Gasteiger partial charge is 0.265 e. The summed E-state index contributed by atoms with van der Waals surface area (Å²) in [5, 5.41) is 3.68. The second kappa shape index (κ2) is 6.59. The Morgan fingerprint density at radius 2 is 2.33 bits per heavy atom. The van der Waals surface area contributed by atoms with Crippen LogP contribution in [0.1, 0.15) is 23.0 Å². The van der Waals surface area contributed by atoms with Crippen LogP contribution >= 0.6 is 11.3 Å². The fraction of sp³-hybridized carbons (Fsp3) is 0.692. The molecule has 2 unspecified atom stereocenters. The number of nitrogens with one attached hydrogen (secondary N) is 1. The van der Waals surface area contributed by atoms with E-state index in [4.69, 9.17) is 11.5 Å². The lowest BCUT2D eigenvalue weighted by atomic mass is 10.3. The van der Waals surface area contributed by atoms with Crippen LogP contribution in [0.5, 0.6) is 0 Å². The number of rotatable bonds is 5. The molecule has 8 heteroatoms. The number of likely N-dealkylation sites (N-methyl/N-ethyl adjacent to an activating group) is 1. The molecular formula is C13H24N6OS. The molecule has 2 rings (SSSR count). The third-order valence-electron chi connectivity index (χ3n) is 3.78. The zero-order chi connectivity index (χ0) is 15.6. The van der Waals surface area contributed by atoms with Gasteiger partial charge in [0.15, 0.2) is 5.13 Å². The summed E-state index contributed by atoms with van der Waals surface area (Å²) < 4.78 is 0. The molecule has 0 aliphatic carbocycles. The molecule has 0 radical (unpaired) electrons. The van der Waals surface area contributed by atoms with Gasteiger partial charge in [0.2, 0.25) is 0 Å². The highest BCUT2D eigenvalue weighted by Crippen LogP contribution is 2.30. The van der Waals surface area contributed by atoms with E-state index in [9.17, 15) is 4.79 Å². The molecule has 118 valence electrons. The van der Waals surface area contributed by atoms with Crippen molar-refractivity contribution in [1.29, 1.82) is 0 Å². The number of anilines is 2. The Bertz CT molecular complexity index is 503. The van der Waals surface area contributed by atoms with Crippen LogP contribution in [0.25, 0.3) is 0 Å². The van der Waals surface area contributed by atoms with Gasteiger partial charge in [0.25, 0.3) is 5.91 Å². The van der Waals surface area contributed by atoms with Crippen molar-refractivity contribution < 1.29 is 4.79 Å². The molecule has 0 spiro atoms. The number of amides is 1. The summed E-state index contributed by atoms with van der Waals surface area (Å²) in [4.78, 5) is 21.1. The van der Waals surface area contributed by atoms with Gasteiger partial charge < -0.3 is 26.6 Å². The molecule has 1 saturated heterocycles. The number of hydrogen-bond donors (Lipinski definition) is 3. The Kier molecular flexibility index (Phi) is 5.02. The Morgan fingerprint density at radius 3 is 2.90 bits per heavy atom. The minimum atomic E-state index is -0.159. The van der Waals surface area contributed by atoms with Crippen molar-refractivity contribution in [3.8, 4) is 0 Å². The van der Waals surface area contributed by atoms with Crippen molar-refractivity contribution in [2.24, 2.45) is 5.73 Å². The van der Waals surface area contributed by atoms with Gasteiger partial charge >= 0.3 is 0 Å². The first-order valence-corrected chi connectivity index (χ1v) is 7.91. The minimum Gasteiger partial charge on any atom is -0.382 e. The fourth-order valence-electron chi connectivity index (χ4n) is 2.08.